The second-order valence-electron chi connectivity index (χ2n) is 8.90. The molecule has 2 N–H and O–H groups in total. The summed E-state index contributed by atoms with van der Waals surface area (Å²) in [6.07, 6.45) is 7.10. The maximum atomic E-state index is 13.2. The fraction of sp³-hybridized carbons (Fsp3) is 0.393. The number of aliphatic imine (C=N–C) groups is 1. The SMILES string of the molecule is CS/C(=N\c1ccc(F)cc1)N(C)C1CCN(CCCCOc2ccc(F)c(F)c2)CC1.O=C(O)/C=C/C(=O)O. The van der Waals surface area contributed by atoms with Crippen LogP contribution in [-0.4, -0.2) is 82.7 Å². The lowest BCUT2D eigenvalue weighted by molar-refractivity contribution is -0.134. The van der Waals surface area contributed by atoms with Crippen LogP contribution in [0.15, 0.2) is 59.6 Å². The summed E-state index contributed by atoms with van der Waals surface area (Å²) in [6.45, 7) is 3.53. The van der Waals surface area contributed by atoms with Crippen LogP contribution in [0.4, 0.5) is 18.9 Å². The zero-order chi connectivity index (χ0) is 29.5. The molecule has 12 heteroatoms. The first-order valence-electron chi connectivity index (χ1n) is 12.6. The van der Waals surface area contributed by atoms with Gasteiger partial charge in [-0.25, -0.2) is 27.8 Å². The molecule has 0 amide bonds. The third kappa shape index (κ3) is 12.1. The first-order valence-corrected chi connectivity index (χ1v) is 13.9. The molecule has 0 bridgehead atoms. The van der Waals surface area contributed by atoms with Gasteiger partial charge < -0.3 is 24.7 Å². The number of likely N-dealkylation sites (tertiary alicyclic amines) is 1. The standard InChI is InChI=1S/C24H30F3N3OS.C4H4O4/c1-29(24(32-2)28-19-7-5-18(25)6-8-19)20-11-14-30(15-12-20)13-3-4-16-31-21-9-10-22(26)23(27)17-21;5-3(6)1-2-4(7)8/h5-10,17,20H,3-4,11-16H2,1-2H3;1-2H,(H,5,6)(H,7,8)/b28-24-;2-1+. The van der Waals surface area contributed by atoms with Gasteiger partial charge in [-0.3, -0.25) is 0 Å². The van der Waals surface area contributed by atoms with E-state index in [4.69, 9.17) is 14.9 Å². The zero-order valence-corrected chi connectivity index (χ0v) is 23.2. The van der Waals surface area contributed by atoms with Crippen molar-refractivity contribution in [2.75, 3.05) is 39.5 Å². The summed E-state index contributed by atoms with van der Waals surface area (Å²) in [7, 11) is 2.08. The van der Waals surface area contributed by atoms with Gasteiger partial charge in [0.1, 0.15) is 11.6 Å². The molecule has 2 aromatic carbocycles. The molecule has 0 aliphatic carbocycles. The lowest BCUT2D eigenvalue weighted by Gasteiger charge is -2.37. The third-order valence-electron chi connectivity index (χ3n) is 6.04. The number of carboxylic acids is 2. The van der Waals surface area contributed by atoms with Crippen LogP contribution in [-0.2, 0) is 9.59 Å². The van der Waals surface area contributed by atoms with Crippen molar-refractivity contribution in [1.29, 1.82) is 0 Å². The molecule has 3 rings (SSSR count). The zero-order valence-electron chi connectivity index (χ0n) is 22.4. The second-order valence-corrected chi connectivity index (χ2v) is 9.67. The van der Waals surface area contributed by atoms with Gasteiger partial charge >= 0.3 is 11.9 Å². The van der Waals surface area contributed by atoms with Gasteiger partial charge in [0.25, 0.3) is 0 Å². The number of thioether (sulfide) groups is 1. The van der Waals surface area contributed by atoms with Crippen molar-refractivity contribution in [2.45, 2.75) is 31.7 Å². The molecule has 1 saturated heterocycles. The van der Waals surface area contributed by atoms with E-state index in [9.17, 15) is 22.8 Å². The predicted molar refractivity (Wildman–Crippen MR) is 150 cm³/mol. The molecule has 0 aromatic heterocycles. The average molecular weight is 582 g/mol. The maximum Gasteiger partial charge on any atom is 0.328 e. The lowest BCUT2D eigenvalue weighted by atomic mass is 10.0. The smallest absolute Gasteiger partial charge is 0.328 e. The summed E-state index contributed by atoms with van der Waals surface area (Å²) in [5, 5.41) is 16.6. The number of piperidine rings is 1. The summed E-state index contributed by atoms with van der Waals surface area (Å²) in [6, 6.07) is 10.3. The number of benzene rings is 2. The molecule has 218 valence electrons. The average Bonchev–Trinajstić information content (AvgIpc) is 2.93. The van der Waals surface area contributed by atoms with Crippen LogP contribution in [0.2, 0.25) is 0 Å². The molecule has 0 saturated carbocycles. The van der Waals surface area contributed by atoms with Crippen LogP contribution in [0.3, 0.4) is 0 Å². The molecule has 40 heavy (non-hydrogen) atoms. The van der Waals surface area contributed by atoms with E-state index in [0.29, 0.717) is 30.6 Å². The fourth-order valence-corrected chi connectivity index (χ4v) is 4.55. The van der Waals surface area contributed by atoms with Gasteiger partial charge in [0, 0.05) is 44.4 Å². The topological polar surface area (TPSA) is 103 Å². The molecule has 0 radical (unpaired) electrons. The van der Waals surface area contributed by atoms with Crippen LogP contribution >= 0.6 is 11.8 Å². The maximum absolute atomic E-state index is 13.2. The monoisotopic (exact) mass is 581 g/mol. The molecular weight excluding hydrogens is 547 g/mol. The van der Waals surface area contributed by atoms with E-state index < -0.39 is 23.6 Å². The number of amidine groups is 1. The highest BCUT2D eigenvalue weighted by Crippen LogP contribution is 2.22. The van der Waals surface area contributed by atoms with Crippen LogP contribution in [0.25, 0.3) is 0 Å². The van der Waals surface area contributed by atoms with Crippen molar-refractivity contribution in [2.24, 2.45) is 4.99 Å². The van der Waals surface area contributed by atoms with Gasteiger partial charge in [0.15, 0.2) is 16.8 Å². The Kier molecular flexibility index (Phi) is 14.1. The summed E-state index contributed by atoms with van der Waals surface area (Å²) in [5.74, 6) is -4.16. The molecule has 1 heterocycles. The second kappa shape index (κ2) is 17.2. The van der Waals surface area contributed by atoms with Gasteiger partial charge in [-0.2, -0.15) is 0 Å². The molecular formula is C28H34F3N3O5S. The Hall–Kier alpha value is -3.51. The van der Waals surface area contributed by atoms with Crippen molar-refractivity contribution in [1.82, 2.24) is 9.80 Å². The number of unbranched alkanes of at least 4 members (excludes halogenated alkanes) is 1. The normalized spacial score (nSPS) is 14.5. The Morgan fingerprint density at radius 3 is 2.20 bits per heavy atom. The number of carbonyl (C=O) groups is 2. The largest absolute Gasteiger partial charge is 0.493 e. The van der Waals surface area contributed by atoms with Gasteiger partial charge in [-0.15, -0.1) is 0 Å². The summed E-state index contributed by atoms with van der Waals surface area (Å²) >= 11 is 1.60. The number of hydrogen-bond donors (Lipinski definition) is 2. The molecule has 0 spiro atoms. The van der Waals surface area contributed by atoms with E-state index in [0.717, 1.165) is 68.3 Å². The van der Waals surface area contributed by atoms with Crippen molar-refractivity contribution in [3.8, 4) is 5.75 Å². The molecule has 1 fully saturated rings. The minimum atomic E-state index is -1.26. The molecule has 1 aliphatic heterocycles. The summed E-state index contributed by atoms with van der Waals surface area (Å²) < 4.78 is 44.8. The van der Waals surface area contributed by atoms with Crippen LogP contribution in [0.5, 0.6) is 5.75 Å². The van der Waals surface area contributed by atoms with Crippen LogP contribution in [0, 0.1) is 17.5 Å². The highest BCUT2D eigenvalue weighted by atomic mass is 32.2. The molecule has 2 aromatic rings. The fourth-order valence-electron chi connectivity index (χ4n) is 3.92. The van der Waals surface area contributed by atoms with E-state index in [1.54, 1.807) is 23.9 Å². The van der Waals surface area contributed by atoms with Gasteiger partial charge in [0.2, 0.25) is 0 Å². The first kappa shape index (κ1) is 32.7. The van der Waals surface area contributed by atoms with Crippen molar-refractivity contribution in [3.05, 3.63) is 72.1 Å². The van der Waals surface area contributed by atoms with Crippen LogP contribution < -0.4 is 4.74 Å². The number of halogens is 3. The Morgan fingerprint density at radius 1 is 1.02 bits per heavy atom. The van der Waals surface area contributed by atoms with Crippen LogP contribution in [0.1, 0.15) is 25.7 Å². The van der Waals surface area contributed by atoms with Crippen molar-refractivity contribution >= 4 is 34.6 Å². The highest BCUT2D eigenvalue weighted by Gasteiger charge is 2.24. The minimum absolute atomic E-state index is 0.258. The molecule has 8 nitrogen and oxygen atoms in total. The molecule has 0 unspecified atom stereocenters. The van der Waals surface area contributed by atoms with Gasteiger partial charge in [0.05, 0.1) is 12.3 Å². The molecule has 0 atom stereocenters. The Bertz CT molecular complexity index is 1140. The first-order chi connectivity index (χ1) is 19.1. The van der Waals surface area contributed by atoms with Gasteiger partial charge in [-0.05, 0) is 74.9 Å². The predicted octanol–water partition coefficient (Wildman–Crippen LogP) is 5.42. The Labute approximate surface area is 236 Å². The van der Waals surface area contributed by atoms with Crippen molar-refractivity contribution < 1.29 is 37.7 Å². The van der Waals surface area contributed by atoms with E-state index in [2.05, 4.69) is 21.8 Å². The minimum Gasteiger partial charge on any atom is -0.493 e. The Balaban J connectivity index is 0.000000611. The third-order valence-corrected chi connectivity index (χ3v) is 6.78. The van der Waals surface area contributed by atoms with E-state index in [-0.39, 0.29) is 5.82 Å². The lowest BCUT2D eigenvalue weighted by Crippen LogP contribution is -2.45. The number of carboxylic acid groups (broad SMARTS) is 2. The summed E-state index contributed by atoms with van der Waals surface area (Å²) in [4.78, 5) is 28.5. The highest BCUT2D eigenvalue weighted by molar-refractivity contribution is 8.13. The number of hydrogen-bond acceptors (Lipinski definition) is 6. The number of ether oxygens (including phenoxy) is 1. The number of aliphatic carboxylic acids is 2. The quantitative estimate of drug-likeness (QED) is 0.166. The van der Waals surface area contributed by atoms with Crippen molar-refractivity contribution in [3.63, 3.8) is 0 Å². The number of rotatable bonds is 10. The van der Waals surface area contributed by atoms with E-state index in [1.807, 2.05) is 6.26 Å². The Morgan fingerprint density at radius 2 is 1.65 bits per heavy atom. The summed E-state index contributed by atoms with van der Waals surface area (Å²) in [5.41, 5.74) is 0.755. The van der Waals surface area contributed by atoms with E-state index >= 15 is 0 Å². The number of nitrogens with zero attached hydrogens (tertiary/aromatic N) is 3. The van der Waals surface area contributed by atoms with E-state index in [1.165, 1.54) is 18.2 Å². The molecule has 1 aliphatic rings. The van der Waals surface area contributed by atoms with Gasteiger partial charge in [-0.1, -0.05) is 11.8 Å².